The summed E-state index contributed by atoms with van der Waals surface area (Å²) >= 11 is 1.32. The molecule has 0 aromatic rings. The van der Waals surface area contributed by atoms with Crippen molar-refractivity contribution in [1.82, 2.24) is 5.32 Å². The van der Waals surface area contributed by atoms with Crippen molar-refractivity contribution in [1.29, 1.82) is 0 Å². The number of nitrogens with one attached hydrogen (secondary N) is 1. The number of hydrogen-bond acceptors (Lipinski definition) is 3. The highest BCUT2D eigenvalue weighted by atomic mass is 32.2. The average Bonchev–Trinajstić information content (AvgIpc) is 2.13. The molecule has 0 saturated carbocycles. The lowest BCUT2D eigenvalue weighted by molar-refractivity contribution is -0.121. The lowest BCUT2D eigenvalue weighted by Crippen LogP contribution is -2.37. The van der Waals surface area contributed by atoms with Gasteiger partial charge in [-0.1, -0.05) is 0 Å². The van der Waals surface area contributed by atoms with Gasteiger partial charge in [0.05, 0.1) is 5.75 Å². The summed E-state index contributed by atoms with van der Waals surface area (Å²) in [7, 11) is 0. The van der Waals surface area contributed by atoms with Crippen LogP contribution in [0.25, 0.3) is 0 Å². The summed E-state index contributed by atoms with van der Waals surface area (Å²) in [5.74, 6) is 0.338. The maximum Gasteiger partial charge on any atom is 0.231 e. The van der Waals surface area contributed by atoms with Crippen LogP contribution in [0.2, 0.25) is 0 Å². The molecule has 0 radical (unpaired) electrons. The van der Waals surface area contributed by atoms with E-state index in [9.17, 15) is 9.59 Å². The molecule has 0 bridgehead atoms. The molecule has 1 aliphatic rings. The van der Waals surface area contributed by atoms with Crippen molar-refractivity contribution in [2.45, 2.75) is 11.8 Å². The predicted molar refractivity (Wildman–Crippen MR) is 35.1 cm³/mol. The van der Waals surface area contributed by atoms with E-state index >= 15 is 0 Å². The highest BCUT2D eigenvalue weighted by molar-refractivity contribution is 8.02. The summed E-state index contributed by atoms with van der Waals surface area (Å²) in [5, 5.41) is 2.54. The van der Waals surface area contributed by atoms with Crippen molar-refractivity contribution >= 4 is 24.0 Å². The third-order valence-corrected chi connectivity index (χ3v) is 2.32. The molecule has 0 aliphatic carbocycles. The van der Waals surface area contributed by atoms with Gasteiger partial charge in [-0.2, -0.15) is 0 Å². The lowest BCUT2D eigenvalue weighted by atomic mass is 10.4. The van der Waals surface area contributed by atoms with Crippen molar-refractivity contribution in [3.05, 3.63) is 0 Å². The van der Waals surface area contributed by atoms with Gasteiger partial charge < -0.3 is 5.32 Å². The Morgan fingerprint density at radius 2 is 2.56 bits per heavy atom. The third-order valence-electron chi connectivity index (χ3n) is 1.12. The molecule has 1 heterocycles. The Morgan fingerprint density at radius 1 is 1.89 bits per heavy atom. The fourth-order valence-electron chi connectivity index (χ4n) is 0.628. The maximum absolute atomic E-state index is 10.5. The Labute approximate surface area is 57.2 Å². The zero-order valence-electron chi connectivity index (χ0n) is 5.01. The number of carbonyl (C=O) groups is 2. The van der Waals surface area contributed by atoms with E-state index in [4.69, 9.17) is 0 Å². The van der Waals surface area contributed by atoms with Crippen LogP contribution in [0.1, 0.15) is 6.92 Å². The number of carbonyl (C=O) groups excluding carboxylic acids is 2. The van der Waals surface area contributed by atoms with Crippen LogP contribution in [-0.2, 0) is 9.59 Å². The first-order valence-electron chi connectivity index (χ1n) is 2.57. The van der Waals surface area contributed by atoms with Crippen molar-refractivity contribution in [2.75, 3.05) is 5.75 Å². The number of amides is 1. The molecule has 1 aliphatic heterocycles. The smallest absolute Gasteiger partial charge is 0.231 e. The van der Waals surface area contributed by atoms with E-state index in [1.54, 1.807) is 6.92 Å². The molecule has 1 amide bonds. The van der Waals surface area contributed by atoms with Crippen LogP contribution in [0.4, 0.5) is 0 Å². The quantitative estimate of drug-likeness (QED) is 0.518. The fourth-order valence-corrected chi connectivity index (χ4v) is 1.39. The second-order valence-corrected chi connectivity index (χ2v) is 3.49. The first kappa shape index (κ1) is 6.61. The minimum Gasteiger partial charge on any atom is -0.335 e. The molecule has 1 fully saturated rings. The summed E-state index contributed by atoms with van der Waals surface area (Å²) in [6.07, 6.45) is 0.753. The van der Waals surface area contributed by atoms with Crippen LogP contribution in [0.3, 0.4) is 0 Å². The van der Waals surface area contributed by atoms with E-state index in [0.29, 0.717) is 5.75 Å². The minimum absolute atomic E-state index is 0.0606. The van der Waals surface area contributed by atoms with Gasteiger partial charge in [-0.15, -0.1) is 11.8 Å². The van der Waals surface area contributed by atoms with Gasteiger partial charge in [0.25, 0.3) is 0 Å². The van der Waals surface area contributed by atoms with E-state index in [2.05, 4.69) is 5.32 Å². The highest BCUT2D eigenvalue weighted by Crippen LogP contribution is 2.24. The molecule has 1 saturated heterocycles. The molecule has 1 N–H and O–H groups in total. The van der Waals surface area contributed by atoms with Gasteiger partial charge in [-0.25, -0.2) is 0 Å². The van der Waals surface area contributed by atoms with Gasteiger partial charge in [-0.3, -0.25) is 9.59 Å². The molecule has 9 heavy (non-hydrogen) atoms. The van der Waals surface area contributed by atoms with Gasteiger partial charge >= 0.3 is 0 Å². The lowest BCUT2D eigenvalue weighted by Gasteiger charge is -2.12. The first-order chi connectivity index (χ1) is 4.16. The zero-order valence-corrected chi connectivity index (χ0v) is 5.83. The molecule has 0 aromatic heterocycles. The third kappa shape index (κ3) is 1.24. The molecule has 4 heteroatoms. The Bertz CT molecular complexity index is 159. The van der Waals surface area contributed by atoms with Gasteiger partial charge in [-0.05, 0) is 6.92 Å². The van der Waals surface area contributed by atoms with Crippen LogP contribution in [-0.4, -0.2) is 22.8 Å². The van der Waals surface area contributed by atoms with Crippen molar-refractivity contribution in [3.8, 4) is 0 Å². The monoisotopic (exact) mass is 145 g/mol. The molecule has 3 nitrogen and oxygen atoms in total. The summed E-state index contributed by atoms with van der Waals surface area (Å²) in [6.45, 7) is 1.69. The molecule has 50 valence electrons. The van der Waals surface area contributed by atoms with Gasteiger partial charge in [0.15, 0.2) is 6.29 Å². The Balaban J connectivity index is 2.65. The SMILES string of the molecule is CC1(C=O)NC(=O)CS1. The Hall–Kier alpha value is -0.510. The van der Waals surface area contributed by atoms with Crippen molar-refractivity contribution in [2.24, 2.45) is 0 Å². The van der Waals surface area contributed by atoms with Crippen LogP contribution in [0.15, 0.2) is 0 Å². The number of rotatable bonds is 1. The minimum atomic E-state index is -0.656. The standard InChI is InChI=1S/C5H7NO2S/c1-5(3-7)6-4(8)2-9-5/h3H,2H2,1H3,(H,6,8). The molecule has 1 rings (SSSR count). The van der Waals surface area contributed by atoms with E-state index in [1.165, 1.54) is 11.8 Å². The van der Waals surface area contributed by atoms with Crippen molar-refractivity contribution in [3.63, 3.8) is 0 Å². The average molecular weight is 145 g/mol. The van der Waals surface area contributed by atoms with Crippen LogP contribution in [0, 0.1) is 0 Å². The zero-order chi connectivity index (χ0) is 6.91. The summed E-state index contributed by atoms with van der Waals surface area (Å²) in [4.78, 5) is 20.1. The van der Waals surface area contributed by atoms with E-state index in [1.807, 2.05) is 0 Å². The number of hydrogen-bond donors (Lipinski definition) is 1. The van der Waals surface area contributed by atoms with Gasteiger partial charge in [0.1, 0.15) is 4.87 Å². The molecular weight excluding hydrogens is 138 g/mol. The largest absolute Gasteiger partial charge is 0.335 e. The van der Waals surface area contributed by atoms with Crippen LogP contribution in [0.5, 0.6) is 0 Å². The summed E-state index contributed by atoms with van der Waals surface area (Å²) < 4.78 is 0. The highest BCUT2D eigenvalue weighted by Gasteiger charge is 2.32. The molecule has 1 atom stereocenters. The van der Waals surface area contributed by atoms with Crippen LogP contribution >= 0.6 is 11.8 Å². The van der Waals surface area contributed by atoms with Gasteiger partial charge in [0.2, 0.25) is 5.91 Å². The normalized spacial score (nSPS) is 34.1. The molecule has 1 unspecified atom stereocenters. The number of aldehydes is 1. The Kier molecular flexibility index (Phi) is 1.48. The van der Waals surface area contributed by atoms with Crippen molar-refractivity contribution < 1.29 is 9.59 Å². The van der Waals surface area contributed by atoms with E-state index in [-0.39, 0.29) is 5.91 Å². The first-order valence-corrected chi connectivity index (χ1v) is 3.56. The number of thioether (sulfide) groups is 1. The predicted octanol–water partition coefficient (Wildman–Crippen LogP) is -0.235. The molecular formula is C5H7NO2S. The summed E-state index contributed by atoms with van der Waals surface area (Å²) in [5.41, 5.74) is 0. The summed E-state index contributed by atoms with van der Waals surface area (Å²) in [6, 6.07) is 0. The van der Waals surface area contributed by atoms with E-state index < -0.39 is 4.87 Å². The van der Waals surface area contributed by atoms with E-state index in [0.717, 1.165) is 6.29 Å². The topological polar surface area (TPSA) is 46.2 Å². The van der Waals surface area contributed by atoms with Gasteiger partial charge in [0, 0.05) is 0 Å². The second kappa shape index (κ2) is 2.02. The molecule has 0 aromatic carbocycles. The Morgan fingerprint density at radius 3 is 2.78 bits per heavy atom. The van der Waals surface area contributed by atoms with Crippen LogP contribution < -0.4 is 5.32 Å². The second-order valence-electron chi connectivity index (χ2n) is 2.06. The fraction of sp³-hybridized carbons (Fsp3) is 0.600. The maximum atomic E-state index is 10.5. The molecule has 0 spiro atoms.